The largest absolute Gasteiger partial charge is 0.337 e. The number of fused-ring (bicyclic) bond motifs is 2. The normalized spacial score (nSPS) is 12.8. The van der Waals surface area contributed by atoms with Crippen molar-refractivity contribution in [1.29, 1.82) is 0 Å². The second kappa shape index (κ2) is 4.37. The maximum atomic E-state index is 5.25. The van der Waals surface area contributed by atoms with Crippen molar-refractivity contribution in [2.45, 2.75) is 29.8 Å². The quantitative estimate of drug-likeness (QED) is 0.685. The zero-order valence-electron chi connectivity index (χ0n) is 10.0. The zero-order chi connectivity index (χ0) is 12.7. The molecule has 0 saturated heterocycles. The summed E-state index contributed by atoms with van der Waals surface area (Å²) in [5, 5.41) is 8.71. The summed E-state index contributed by atoms with van der Waals surface area (Å²) in [5.74, 6) is 0.751. The monoisotopic (exact) mass is 276 g/mol. The van der Waals surface area contributed by atoms with Crippen LogP contribution in [0.5, 0.6) is 0 Å². The van der Waals surface area contributed by atoms with Crippen LogP contribution in [0, 0.1) is 4.77 Å². The number of hydrogen-bond acceptors (Lipinski definition) is 5. The van der Waals surface area contributed by atoms with E-state index in [1.165, 1.54) is 0 Å². The van der Waals surface area contributed by atoms with Gasteiger partial charge < -0.3 is 5.32 Å². The molecule has 1 aliphatic rings. The van der Waals surface area contributed by atoms with E-state index >= 15 is 0 Å². The second-order valence-electron chi connectivity index (χ2n) is 4.31. The summed E-state index contributed by atoms with van der Waals surface area (Å²) in [6, 6.07) is 8.33. The van der Waals surface area contributed by atoms with Crippen LogP contribution in [0.3, 0.4) is 0 Å². The van der Waals surface area contributed by atoms with Crippen molar-refractivity contribution in [1.82, 2.24) is 14.8 Å². The van der Waals surface area contributed by atoms with Crippen molar-refractivity contribution in [3.8, 4) is 0 Å². The molecule has 18 heavy (non-hydrogen) atoms. The fraction of sp³-hybridized carbons (Fsp3) is 0.250. The van der Waals surface area contributed by atoms with E-state index in [1.807, 2.05) is 32.0 Å². The molecule has 0 radical (unpaired) electrons. The average Bonchev–Trinajstić information content (AvgIpc) is 2.35. The molecule has 6 heteroatoms. The minimum Gasteiger partial charge on any atom is -0.337 e. The maximum absolute atomic E-state index is 5.25. The lowest BCUT2D eigenvalue weighted by Crippen LogP contribution is -2.14. The van der Waals surface area contributed by atoms with Crippen LogP contribution in [0.1, 0.15) is 19.9 Å². The van der Waals surface area contributed by atoms with E-state index in [-0.39, 0.29) is 6.04 Å². The third-order valence-electron chi connectivity index (χ3n) is 2.64. The Hall–Kier alpha value is -1.40. The minimum atomic E-state index is 0.216. The first-order chi connectivity index (χ1) is 8.65. The van der Waals surface area contributed by atoms with Gasteiger partial charge in [0, 0.05) is 10.9 Å². The van der Waals surface area contributed by atoms with Gasteiger partial charge in [-0.25, -0.2) is 4.68 Å². The van der Waals surface area contributed by atoms with E-state index in [0.717, 1.165) is 21.4 Å². The van der Waals surface area contributed by atoms with E-state index in [2.05, 4.69) is 21.5 Å². The van der Waals surface area contributed by atoms with Crippen LogP contribution in [0.2, 0.25) is 0 Å². The molecule has 0 saturated carbocycles. The molecule has 0 bridgehead atoms. The Morgan fingerprint density at radius 3 is 2.89 bits per heavy atom. The number of rotatable bonds is 1. The Morgan fingerprint density at radius 2 is 2.11 bits per heavy atom. The lowest BCUT2D eigenvalue weighted by molar-refractivity contribution is 0.484. The molecule has 2 aromatic rings. The first-order valence-corrected chi connectivity index (χ1v) is 6.92. The highest BCUT2D eigenvalue weighted by molar-refractivity contribution is 7.99. The van der Waals surface area contributed by atoms with Gasteiger partial charge in [0.2, 0.25) is 4.77 Å². The first-order valence-electron chi connectivity index (χ1n) is 5.70. The van der Waals surface area contributed by atoms with E-state index in [1.54, 1.807) is 16.4 Å². The standard InChI is InChI=1S/C12H12N4S2/c1-7(2)16-12(17)14-10-11(15-16)18-9-6-4-3-5-8(9)13-10/h3-7H,1-2H3,(H,13,14,17). The van der Waals surface area contributed by atoms with Crippen LogP contribution in [-0.2, 0) is 0 Å². The van der Waals surface area contributed by atoms with Gasteiger partial charge in [-0.05, 0) is 38.2 Å². The van der Waals surface area contributed by atoms with E-state index in [9.17, 15) is 0 Å². The molecule has 1 aromatic carbocycles. The van der Waals surface area contributed by atoms with Crippen LogP contribution in [0.25, 0.3) is 0 Å². The second-order valence-corrected chi connectivity index (χ2v) is 5.71. The number of benzene rings is 1. The van der Waals surface area contributed by atoms with E-state index in [4.69, 9.17) is 12.2 Å². The molecule has 1 aromatic heterocycles. The molecule has 0 atom stereocenters. The van der Waals surface area contributed by atoms with Gasteiger partial charge in [-0.15, -0.1) is 0 Å². The summed E-state index contributed by atoms with van der Waals surface area (Å²) >= 11 is 6.87. The van der Waals surface area contributed by atoms with Crippen molar-refractivity contribution >= 4 is 35.5 Å². The Balaban J connectivity index is 2.11. The van der Waals surface area contributed by atoms with Gasteiger partial charge in [-0.1, -0.05) is 23.9 Å². The Bertz CT molecular complexity index is 663. The highest BCUT2D eigenvalue weighted by Gasteiger charge is 2.19. The molecule has 0 fully saturated rings. The van der Waals surface area contributed by atoms with Gasteiger partial charge in [0.15, 0.2) is 10.8 Å². The van der Waals surface area contributed by atoms with Crippen molar-refractivity contribution in [3.63, 3.8) is 0 Å². The molecular weight excluding hydrogens is 264 g/mol. The molecule has 0 unspecified atom stereocenters. The van der Waals surface area contributed by atoms with E-state index < -0.39 is 0 Å². The van der Waals surface area contributed by atoms with Crippen molar-refractivity contribution in [2.24, 2.45) is 0 Å². The van der Waals surface area contributed by atoms with Crippen LogP contribution in [-0.4, -0.2) is 14.8 Å². The van der Waals surface area contributed by atoms with Crippen LogP contribution < -0.4 is 5.32 Å². The van der Waals surface area contributed by atoms with Crippen molar-refractivity contribution < 1.29 is 0 Å². The summed E-state index contributed by atoms with van der Waals surface area (Å²) in [7, 11) is 0. The van der Waals surface area contributed by atoms with Gasteiger partial charge in [-0.3, -0.25) is 0 Å². The van der Waals surface area contributed by atoms with E-state index in [0.29, 0.717) is 4.77 Å². The molecule has 3 rings (SSSR count). The predicted octanol–water partition coefficient (Wildman–Crippen LogP) is 3.80. The molecule has 0 amide bonds. The highest BCUT2D eigenvalue weighted by Crippen LogP contribution is 2.41. The fourth-order valence-electron chi connectivity index (χ4n) is 1.76. The highest BCUT2D eigenvalue weighted by atomic mass is 32.2. The molecule has 1 N–H and O–H groups in total. The molecule has 0 aliphatic carbocycles. The number of hydrogen-bond donors (Lipinski definition) is 1. The third-order valence-corrected chi connectivity index (χ3v) is 3.96. The number of nitrogens with one attached hydrogen (secondary N) is 1. The first kappa shape index (κ1) is 11.7. The molecular formula is C12H12N4S2. The number of nitrogens with zero attached hydrogens (tertiary/aromatic N) is 3. The summed E-state index contributed by atoms with van der Waals surface area (Å²) in [5.41, 5.74) is 1.06. The van der Waals surface area contributed by atoms with Gasteiger partial charge in [0.05, 0.1) is 5.69 Å². The zero-order valence-corrected chi connectivity index (χ0v) is 11.7. The van der Waals surface area contributed by atoms with Crippen molar-refractivity contribution in [3.05, 3.63) is 29.0 Å². The maximum Gasteiger partial charge on any atom is 0.218 e. The van der Waals surface area contributed by atoms with Crippen LogP contribution >= 0.6 is 24.0 Å². The SMILES string of the molecule is CC(C)n1nc2c(nc1=S)Nc1ccccc1S2. The van der Waals surface area contributed by atoms with Crippen LogP contribution in [0.4, 0.5) is 11.5 Å². The van der Waals surface area contributed by atoms with Gasteiger partial charge in [-0.2, -0.15) is 10.1 Å². The molecule has 1 aliphatic heterocycles. The van der Waals surface area contributed by atoms with Crippen molar-refractivity contribution in [2.75, 3.05) is 5.32 Å². The van der Waals surface area contributed by atoms with Gasteiger partial charge in [0.25, 0.3) is 0 Å². The topological polar surface area (TPSA) is 42.7 Å². The number of aromatic nitrogens is 3. The molecule has 0 spiro atoms. The van der Waals surface area contributed by atoms with Crippen LogP contribution in [0.15, 0.2) is 34.2 Å². The summed E-state index contributed by atoms with van der Waals surface area (Å²) in [6.45, 7) is 4.09. The van der Waals surface area contributed by atoms with Gasteiger partial charge >= 0.3 is 0 Å². The number of para-hydroxylation sites is 1. The summed E-state index contributed by atoms with van der Waals surface area (Å²) in [4.78, 5) is 5.58. The Morgan fingerprint density at radius 1 is 1.33 bits per heavy atom. The van der Waals surface area contributed by atoms with Gasteiger partial charge in [0.1, 0.15) is 0 Å². The predicted molar refractivity (Wildman–Crippen MR) is 75.1 cm³/mol. The average molecular weight is 276 g/mol. The molecule has 2 heterocycles. The minimum absolute atomic E-state index is 0.216. The lowest BCUT2D eigenvalue weighted by atomic mass is 10.3. The fourth-order valence-corrected chi connectivity index (χ4v) is 3.01. The smallest absolute Gasteiger partial charge is 0.218 e. The summed E-state index contributed by atoms with van der Waals surface area (Å²) in [6.07, 6.45) is 0. The third kappa shape index (κ3) is 1.91. The lowest BCUT2D eigenvalue weighted by Gasteiger charge is -2.20. The Kier molecular flexibility index (Phi) is 2.83. The Labute approximate surface area is 114 Å². The summed E-state index contributed by atoms with van der Waals surface area (Å²) < 4.78 is 2.28. The molecule has 92 valence electrons. The number of anilines is 2. The molecule has 4 nitrogen and oxygen atoms in total.